The lowest BCUT2D eigenvalue weighted by atomic mass is 9.92. The molecule has 1 aliphatic heterocycles. The van der Waals surface area contributed by atoms with Crippen molar-refractivity contribution in [2.45, 2.75) is 45.1 Å². The van der Waals surface area contributed by atoms with Crippen molar-refractivity contribution in [2.24, 2.45) is 0 Å². The fourth-order valence-electron chi connectivity index (χ4n) is 2.01. The van der Waals surface area contributed by atoms with Crippen LogP contribution in [0.5, 0.6) is 0 Å². The van der Waals surface area contributed by atoms with Crippen LogP contribution in [0.2, 0.25) is 0 Å². The Hall–Kier alpha value is -0.420. The van der Waals surface area contributed by atoms with Crippen LogP contribution in [0.1, 0.15) is 39.5 Å². The van der Waals surface area contributed by atoms with Gasteiger partial charge in [0.15, 0.2) is 5.78 Å². The molecule has 0 aromatic heterocycles. The van der Waals surface area contributed by atoms with Gasteiger partial charge in [-0.05, 0) is 32.7 Å². The van der Waals surface area contributed by atoms with E-state index in [0.29, 0.717) is 12.8 Å². The normalized spacial score (nSPS) is 25.9. The zero-order valence-corrected chi connectivity index (χ0v) is 10.9. The Balaban J connectivity index is 2.36. The summed E-state index contributed by atoms with van der Waals surface area (Å²) in [6.45, 7) is 4.43. The van der Waals surface area contributed by atoms with Gasteiger partial charge in [0, 0.05) is 12.2 Å². The minimum absolute atomic E-state index is 0.130. The van der Waals surface area contributed by atoms with Gasteiger partial charge in [0.25, 0.3) is 0 Å². The molecule has 0 radical (unpaired) electrons. The van der Waals surface area contributed by atoms with Crippen molar-refractivity contribution in [2.75, 3.05) is 18.1 Å². The molecular formula is C11H21NO3S. The predicted octanol–water partition coefficient (Wildman–Crippen LogP) is 0.912. The average Bonchev–Trinajstić information content (AvgIpc) is 2.66. The molecule has 1 saturated heterocycles. The van der Waals surface area contributed by atoms with Crippen LogP contribution < -0.4 is 5.32 Å². The number of carbonyl (C=O) groups is 1. The summed E-state index contributed by atoms with van der Waals surface area (Å²) < 4.78 is 22.5. The molecule has 1 fully saturated rings. The largest absolute Gasteiger partial charge is 0.305 e. The van der Waals surface area contributed by atoms with E-state index in [1.165, 1.54) is 0 Å². The molecule has 0 spiro atoms. The average molecular weight is 247 g/mol. The molecule has 5 heteroatoms. The second-order valence-electron chi connectivity index (χ2n) is 4.63. The summed E-state index contributed by atoms with van der Waals surface area (Å²) in [7, 11) is -2.93. The first kappa shape index (κ1) is 13.6. The monoisotopic (exact) mass is 247 g/mol. The van der Waals surface area contributed by atoms with E-state index in [-0.39, 0.29) is 17.3 Å². The molecule has 1 heterocycles. The fraction of sp³-hybridized carbons (Fsp3) is 0.909. The maximum Gasteiger partial charge on any atom is 0.152 e. The summed E-state index contributed by atoms with van der Waals surface area (Å²) >= 11 is 0. The van der Waals surface area contributed by atoms with E-state index < -0.39 is 15.4 Å². The third-order valence-corrected chi connectivity index (χ3v) is 5.07. The van der Waals surface area contributed by atoms with Gasteiger partial charge >= 0.3 is 0 Å². The van der Waals surface area contributed by atoms with E-state index in [4.69, 9.17) is 0 Å². The summed E-state index contributed by atoms with van der Waals surface area (Å²) in [6.07, 6.45) is 2.71. The minimum Gasteiger partial charge on any atom is -0.305 e. The smallest absolute Gasteiger partial charge is 0.152 e. The zero-order valence-electron chi connectivity index (χ0n) is 10.1. The van der Waals surface area contributed by atoms with Gasteiger partial charge in [-0.25, -0.2) is 8.42 Å². The number of hydrogen-bond acceptors (Lipinski definition) is 4. The third kappa shape index (κ3) is 3.56. The lowest BCUT2D eigenvalue weighted by molar-refractivity contribution is -0.124. The molecule has 0 amide bonds. The van der Waals surface area contributed by atoms with Crippen LogP contribution in [0.25, 0.3) is 0 Å². The lowest BCUT2D eigenvalue weighted by Crippen LogP contribution is -2.44. The van der Waals surface area contributed by atoms with E-state index in [0.717, 1.165) is 19.4 Å². The van der Waals surface area contributed by atoms with Gasteiger partial charge < -0.3 is 5.32 Å². The van der Waals surface area contributed by atoms with Crippen molar-refractivity contribution in [1.29, 1.82) is 0 Å². The highest BCUT2D eigenvalue weighted by atomic mass is 32.2. The Morgan fingerprint density at radius 1 is 1.44 bits per heavy atom. The summed E-state index contributed by atoms with van der Waals surface area (Å²) in [5.74, 6) is 0.443. The van der Waals surface area contributed by atoms with Crippen LogP contribution in [0, 0.1) is 0 Å². The maximum absolute atomic E-state index is 11.9. The Labute approximate surface area is 97.7 Å². The molecule has 0 aromatic rings. The third-order valence-electron chi connectivity index (χ3n) is 3.28. The SMILES string of the molecule is CCS(=O)(=O)CCCC(=O)C1(C)CCCN1. The molecule has 1 N–H and O–H groups in total. The van der Waals surface area contributed by atoms with Crippen LogP contribution in [0.15, 0.2) is 0 Å². The number of carbonyl (C=O) groups excluding carboxylic acids is 1. The lowest BCUT2D eigenvalue weighted by Gasteiger charge is -2.22. The van der Waals surface area contributed by atoms with E-state index in [9.17, 15) is 13.2 Å². The number of hydrogen-bond donors (Lipinski definition) is 1. The molecule has 0 aliphatic carbocycles. The second-order valence-corrected chi connectivity index (χ2v) is 7.10. The van der Waals surface area contributed by atoms with Crippen LogP contribution in [0.4, 0.5) is 0 Å². The quantitative estimate of drug-likeness (QED) is 0.758. The van der Waals surface area contributed by atoms with Gasteiger partial charge in [0.1, 0.15) is 9.84 Å². The van der Waals surface area contributed by atoms with Crippen LogP contribution in [-0.4, -0.2) is 37.8 Å². The van der Waals surface area contributed by atoms with E-state index in [2.05, 4.69) is 5.32 Å². The van der Waals surface area contributed by atoms with Crippen LogP contribution >= 0.6 is 0 Å². The Morgan fingerprint density at radius 3 is 2.62 bits per heavy atom. The van der Waals surface area contributed by atoms with Gasteiger partial charge in [-0.1, -0.05) is 6.92 Å². The topological polar surface area (TPSA) is 63.2 Å². The molecule has 16 heavy (non-hydrogen) atoms. The molecule has 1 rings (SSSR count). The first-order chi connectivity index (χ1) is 7.40. The summed E-state index contributed by atoms with van der Waals surface area (Å²) in [6, 6.07) is 0. The Morgan fingerprint density at radius 2 is 2.12 bits per heavy atom. The number of sulfone groups is 1. The van der Waals surface area contributed by atoms with Gasteiger partial charge in [-0.2, -0.15) is 0 Å². The Kier molecular flexibility index (Phi) is 4.50. The number of nitrogens with one attached hydrogen (secondary N) is 1. The van der Waals surface area contributed by atoms with Crippen molar-refractivity contribution >= 4 is 15.6 Å². The molecule has 0 bridgehead atoms. The second kappa shape index (κ2) is 5.27. The van der Waals surface area contributed by atoms with E-state index in [1.807, 2.05) is 6.92 Å². The number of ketones is 1. The number of rotatable bonds is 6. The first-order valence-electron chi connectivity index (χ1n) is 5.88. The summed E-state index contributed by atoms with van der Waals surface area (Å²) in [4.78, 5) is 11.9. The summed E-state index contributed by atoms with van der Waals surface area (Å²) in [5.41, 5.74) is -0.407. The molecule has 1 aliphatic rings. The van der Waals surface area contributed by atoms with Crippen LogP contribution in [0.3, 0.4) is 0 Å². The highest BCUT2D eigenvalue weighted by molar-refractivity contribution is 7.91. The van der Waals surface area contributed by atoms with E-state index >= 15 is 0 Å². The highest BCUT2D eigenvalue weighted by Crippen LogP contribution is 2.21. The van der Waals surface area contributed by atoms with E-state index in [1.54, 1.807) is 6.92 Å². The molecular weight excluding hydrogens is 226 g/mol. The zero-order chi connectivity index (χ0) is 12.2. The van der Waals surface area contributed by atoms with Crippen molar-refractivity contribution in [3.63, 3.8) is 0 Å². The minimum atomic E-state index is -2.93. The van der Waals surface area contributed by atoms with Crippen LogP contribution in [-0.2, 0) is 14.6 Å². The predicted molar refractivity (Wildman–Crippen MR) is 64.2 cm³/mol. The molecule has 0 aromatic carbocycles. The molecule has 4 nitrogen and oxygen atoms in total. The van der Waals surface area contributed by atoms with Gasteiger partial charge in [-0.15, -0.1) is 0 Å². The molecule has 1 unspecified atom stereocenters. The van der Waals surface area contributed by atoms with Crippen molar-refractivity contribution in [3.05, 3.63) is 0 Å². The molecule has 94 valence electrons. The molecule has 1 atom stereocenters. The Bertz CT molecular complexity index is 342. The van der Waals surface area contributed by atoms with Gasteiger partial charge in [0.2, 0.25) is 0 Å². The van der Waals surface area contributed by atoms with Gasteiger partial charge in [-0.3, -0.25) is 4.79 Å². The maximum atomic E-state index is 11.9. The van der Waals surface area contributed by atoms with Crippen molar-refractivity contribution < 1.29 is 13.2 Å². The van der Waals surface area contributed by atoms with Gasteiger partial charge in [0.05, 0.1) is 11.3 Å². The highest BCUT2D eigenvalue weighted by Gasteiger charge is 2.34. The summed E-state index contributed by atoms with van der Waals surface area (Å²) in [5, 5.41) is 3.20. The first-order valence-corrected chi connectivity index (χ1v) is 7.70. The fourth-order valence-corrected chi connectivity index (χ4v) is 2.88. The van der Waals surface area contributed by atoms with Crippen molar-refractivity contribution in [3.8, 4) is 0 Å². The standard InChI is InChI=1S/C11H21NO3S/c1-3-16(14,15)9-4-6-10(13)11(2)7-5-8-12-11/h12H,3-9H2,1-2H3. The molecule has 0 saturated carbocycles. The van der Waals surface area contributed by atoms with Crippen molar-refractivity contribution in [1.82, 2.24) is 5.32 Å². The number of Topliss-reactive ketones (excluding diaryl/α,β-unsaturated/α-hetero) is 1.